The third-order valence-corrected chi connectivity index (χ3v) is 5.10. The lowest BCUT2D eigenvalue weighted by Gasteiger charge is -2.18. The molecule has 1 unspecified atom stereocenters. The van der Waals surface area contributed by atoms with Gasteiger partial charge < -0.3 is 14.8 Å². The number of carboxylic acids is 1. The highest BCUT2D eigenvalue weighted by atomic mass is 32.2. The SMILES string of the molecule is CCCC(C)Nc1ccc(C(=O)O)cc1S(=O)(=O)NCc1ccco1. The predicted octanol–water partition coefficient (Wildman–Crippen LogP) is 3.06. The Labute approximate surface area is 147 Å². The average molecular weight is 366 g/mol. The first-order valence-corrected chi connectivity index (χ1v) is 9.47. The fourth-order valence-corrected chi connectivity index (χ4v) is 3.61. The highest BCUT2D eigenvalue weighted by Gasteiger charge is 2.22. The molecule has 0 spiro atoms. The van der Waals surface area contributed by atoms with Crippen molar-refractivity contribution in [1.29, 1.82) is 0 Å². The van der Waals surface area contributed by atoms with Gasteiger partial charge in [-0.1, -0.05) is 13.3 Å². The maximum absolute atomic E-state index is 12.7. The van der Waals surface area contributed by atoms with E-state index in [-0.39, 0.29) is 23.0 Å². The first-order valence-electron chi connectivity index (χ1n) is 7.99. The lowest BCUT2D eigenvalue weighted by molar-refractivity contribution is 0.0696. The zero-order valence-electron chi connectivity index (χ0n) is 14.2. The van der Waals surface area contributed by atoms with Crippen LogP contribution in [0.15, 0.2) is 45.9 Å². The normalized spacial score (nSPS) is 12.7. The molecule has 2 rings (SSSR count). The molecule has 1 atom stereocenters. The molecule has 1 aromatic carbocycles. The molecule has 0 saturated carbocycles. The van der Waals surface area contributed by atoms with Crippen LogP contribution >= 0.6 is 0 Å². The van der Waals surface area contributed by atoms with Crippen LogP contribution in [0.25, 0.3) is 0 Å². The van der Waals surface area contributed by atoms with Crippen molar-refractivity contribution < 1.29 is 22.7 Å². The molecule has 8 heteroatoms. The van der Waals surface area contributed by atoms with E-state index < -0.39 is 16.0 Å². The van der Waals surface area contributed by atoms with Crippen molar-refractivity contribution in [3.63, 3.8) is 0 Å². The van der Waals surface area contributed by atoms with Gasteiger partial charge in [-0.2, -0.15) is 0 Å². The minimum atomic E-state index is -3.92. The van der Waals surface area contributed by atoms with E-state index in [0.717, 1.165) is 18.9 Å². The van der Waals surface area contributed by atoms with Crippen molar-refractivity contribution in [1.82, 2.24) is 4.72 Å². The number of carbonyl (C=O) groups is 1. The number of anilines is 1. The molecule has 3 N–H and O–H groups in total. The largest absolute Gasteiger partial charge is 0.478 e. The Kier molecular flexibility index (Phi) is 6.22. The topological polar surface area (TPSA) is 109 Å². The number of furan rings is 1. The Morgan fingerprint density at radius 3 is 2.68 bits per heavy atom. The molecule has 0 saturated heterocycles. The van der Waals surface area contributed by atoms with Crippen LogP contribution in [0.4, 0.5) is 5.69 Å². The quantitative estimate of drug-likeness (QED) is 0.629. The predicted molar refractivity (Wildman–Crippen MR) is 94.1 cm³/mol. The van der Waals surface area contributed by atoms with Gasteiger partial charge in [0.05, 0.1) is 24.1 Å². The average Bonchev–Trinajstić information content (AvgIpc) is 3.07. The van der Waals surface area contributed by atoms with Gasteiger partial charge in [-0.3, -0.25) is 0 Å². The maximum Gasteiger partial charge on any atom is 0.335 e. The standard InChI is InChI=1S/C17H22N2O5S/c1-3-5-12(2)19-15-8-7-13(17(20)21)10-16(15)25(22,23)18-11-14-6-4-9-24-14/h4,6-10,12,18-19H,3,5,11H2,1-2H3,(H,20,21). The second-order valence-electron chi connectivity index (χ2n) is 5.75. The Bertz CT molecular complexity index is 816. The summed E-state index contributed by atoms with van der Waals surface area (Å²) in [7, 11) is -3.92. The Morgan fingerprint density at radius 2 is 2.08 bits per heavy atom. The summed E-state index contributed by atoms with van der Waals surface area (Å²) in [5, 5.41) is 12.3. The summed E-state index contributed by atoms with van der Waals surface area (Å²) in [4.78, 5) is 11.1. The van der Waals surface area contributed by atoms with Crippen molar-refractivity contribution in [2.75, 3.05) is 5.32 Å². The molecule has 0 bridgehead atoms. The summed E-state index contributed by atoms with van der Waals surface area (Å²) in [6.07, 6.45) is 3.26. The van der Waals surface area contributed by atoms with Crippen LogP contribution in [-0.2, 0) is 16.6 Å². The summed E-state index contributed by atoms with van der Waals surface area (Å²) in [5.41, 5.74) is 0.282. The number of hydrogen-bond donors (Lipinski definition) is 3. The van der Waals surface area contributed by atoms with Crippen molar-refractivity contribution in [2.24, 2.45) is 0 Å². The molecule has 0 radical (unpaired) electrons. The molecule has 136 valence electrons. The van der Waals surface area contributed by atoms with Gasteiger partial charge in [-0.05, 0) is 43.7 Å². The minimum absolute atomic E-state index is 0.0173. The highest BCUT2D eigenvalue weighted by molar-refractivity contribution is 7.89. The third-order valence-electron chi connectivity index (χ3n) is 3.66. The lowest BCUT2D eigenvalue weighted by Crippen LogP contribution is -2.25. The van der Waals surface area contributed by atoms with Gasteiger partial charge >= 0.3 is 5.97 Å². The van der Waals surface area contributed by atoms with Gasteiger partial charge in [-0.15, -0.1) is 0 Å². The van der Waals surface area contributed by atoms with Crippen molar-refractivity contribution in [3.8, 4) is 0 Å². The third kappa shape index (κ3) is 5.07. The van der Waals surface area contributed by atoms with Crippen molar-refractivity contribution in [3.05, 3.63) is 47.9 Å². The van der Waals surface area contributed by atoms with Crippen LogP contribution in [0.2, 0.25) is 0 Å². The molecule has 0 amide bonds. The van der Waals surface area contributed by atoms with E-state index in [4.69, 9.17) is 9.52 Å². The molecule has 1 heterocycles. The molecule has 0 aliphatic heterocycles. The molecule has 0 fully saturated rings. The number of sulfonamides is 1. The number of benzene rings is 1. The van der Waals surface area contributed by atoms with Crippen LogP contribution < -0.4 is 10.0 Å². The minimum Gasteiger partial charge on any atom is -0.478 e. The summed E-state index contributed by atoms with van der Waals surface area (Å²) < 4.78 is 32.9. The van der Waals surface area contributed by atoms with E-state index in [2.05, 4.69) is 10.0 Å². The number of rotatable bonds is 9. The Balaban J connectivity index is 2.33. The van der Waals surface area contributed by atoms with Gasteiger partial charge in [0.25, 0.3) is 0 Å². The van der Waals surface area contributed by atoms with Gasteiger partial charge in [0.1, 0.15) is 10.7 Å². The Morgan fingerprint density at radius 1 is 1.32 bits per heavy atom. The number of aromatic carboxylic acids is 1. The number of nitrogens with one attached hydrogen (secondary N) is 2. The van der Waals surface area contributed by atoms with Crippen LogP contribution in [-0.4, -0.2) is 25.5 Å². The molecule has 0 aliphatic rings. The van der Waals surface area contributed by atoms with Gasteiger partial charge in [0, 0.05) is 6.04 Å². The molecule has 0 aliphatic carbocycles. The van der Waals surface area contributed by atoms with Crippen LogP contribution in [0.3, 0.4) is 0 Å². The monoisotopic (exact) mass is 366 g/mol. The smallest absolute Gasteiger partial charge is 0.335 e. The highest BCUT2D eigenvalue weighted by Crippen LogP contribution is 2.24. The van der Waals surface area contributed by atoms with Crippen molar-refractivity contribution >= 4 is 21.7 Å². The van der Waals surface area contributed by atoms with E-state index in [1.807, 2.05) is 13.8 Å². The summed E-state index contributed by atoms with van der Waals surface area (Å²) in [5.74, 6) is -0.720. The van der Waals surface area contributed by atoms with Gasteiger partial charge in [0.2, 0.25) is 10.0 Å². The number of carboxylic acid groups (broad SMARTS) is 1. The van der Waals surface area contributed by atoms with Gasteiger partial charge in [0.15, 0.2) is 0 Å². The van der Waals surface area contributed by atoms with E-state index >= 15 is 0 Å². The van der Waals surface area contributed by atoms with E-state index in [1.54, 1.807) is 12.1 Å². The molecular formula is C17H22N2O5S. The fraction of sp³-hybridized carbons (Fsp3) is 0.353. The first kappa shape index (κ1) is 19.0. The first-order chi connectivity index (χ1) is 11.8. The fourth-order valence-electron chi connectivity index (χ4n) is 2.42. The van der Waals surface area contributed by atoms with E-state index in [0.29, 0.717) is 11.4 Å². The molecule has 7 nitrogen and oxygen atoms in total. The number of hydrogen-bond acceptors (Lipinski definition) is 5. The maximum atomic E-state index is 12.7. The zero-order chi connectivity index (χ0) is 18.4. The molecule has 1 aromatic heterocycles. The summed E-state index contributed by atoms with van der Waals surface area (Å²) in [6.45, 7) is 3.96. The van der Waals surface area contributed by atoms with Crippen LogP contribution in [0, 0.1) is 0 Å². The summed E-state index contributed by atoms with van der Waals surface area (Å²) >= 11 is 0. The van der Waals surface area contributed by atoms with E-state index in [1.165, 1.54) is 18.4 Å². The van der Waals surface area contributed by atoms with Crippen LogP contribution in [0.1, 0.15) is 42.8 Å². The van der Waals surface area contributed by atoms with Crippen molar-refractivity contribution in [2.45, 2.75) is 44.2 Å². The van der Waals surface area contributed by atoms with Crippen LogP contribution in [0.5, 0.6) is 0 Å². The molecule has 2 aromatic rings. The lowest BCUT2D eigenvalue weighted by atomic mass is 10.1. The second kappa shape index (κ2) is 8.17. The molecule has 25 heavy (non-hydrogen) atoms. The second-order valence-corrected chi connectivity index (χ2v) is 7.49. The van der Waals surface area contributed by atoms with Gasteiger partial charge in [-0.25, -0.2) is 17.9 Å². The zero-order valence-corrected chi connectivity index (χ0v) is 15.0. The Hall–Kier alpha value is -2.32. The molecular weight excluding hydrogens is 344 g/mol. The summed E-state index contributed by atoms with van der Waals surface area (Å²) in [6, 6.07) is 7.40. The van der Waals surface area contributed by atoms with E-state index in [9.17, 15) is 13.2 Å².